The molecule has 6 nitrogen and oxygen atoms in total. The van der Waals surface area contributed by atoms with Gasteiger partial charge in [-0.05, 0) is 38.4 Å². The van der Waals surface area contributed by atoms with Crippen molar-refractivity contribution in [1.29, 1.82) is 0 Å². The molecule has 118 valence electrons. The molecule has 0 bridgehead atoms. The maximum Gasteiger partial charge on any atom is 0.253 e. The van der Waals surface area contributed by atoms with E-state index in [0.29, 0.717) is 23.7 Å². The summed E-state index contributed by atoms with van der Waals surface area (Å²) in [6.07, 6.45) is 1.30. The molecular formula is C13H21N3O3S2. The third-order valence-corrected chi connectivity index (χ3v) is 6.70. The molecule has 1 atom stereocenters. The summed E-state index contributed by atoms with van der Waals surface area (Å²) in [6.45, 7) is 1.66. The van der Waals surface area contributed by atoms with Gasteiger partial charge in [-0.25, -0.2) is 8.42 Å². The Kier molecular flexibility index (Phi) is 5.37. The van der Waals surface area contributed by atoms with E-state index in [-0.39, 0.29) is 5.91 Å². The maximum absolute atomic E-state index is 12.5. The summed E-state index contributed by atoms with van der Waals surface area (Å²) >= 11 is 1.18. The number of nitrogens with zero attached hydrogens (tertiary/aromatic N) is 2. The third-order valence-electron chi connectivity index (χ3n) is 3.42. The fourth-order valence-corrected chi connectivity index (χ4v) is 5.11. The number of hydrogen-bond donors (Lipinski definition) is 1. The van der Waals surface area contributed by atoms with Crippen molar-refractivity contribution in [3.63, 3.8) is 0 Å². The molecule has 0 radical (unpaired) electrons. The van der Waals surface area contributed by atoms with Crippen molar-refractivity contribution >= 4 is 27.3 Å². The summed E-state index contributed by atoms with van der Waals surface area (Å²) in [6, 6.07) is 2.71. The van der Waals surface area contributed by atoms with Crippen LogP contribution < -0.4 is 5.32 Å². The summed E-state index contributed by atoms with van der Waals surface area (Å²) in [5.74, 6) is -0.200. The first-order chi connectivity index (χ1) is 9.93. The predicted octanol–water partition coefficient (Wildman–Crippen LogP) is 0.579. The summed E-state index contributed by atoms with van der Waals surface area (Å²) in [5.41, 5.74) is 0. The van der Waals surface area contributed by atoms with Gasteiger partial charge in [-0.3, -0.25) is 4.79 Å². The average Bonchev–Trinajstić information content (AvgIpc) is 3.10. The molecule has 1 aromatic rings. The fraction of sp³-hybridized carbons (Fsp3) is 0.615. The lowest BCUT2D eigenvalue weighted by atomic mass is 10.2. The van der Waals surface area contributed by atoms with Gasteiger partial charge in [0.15, 0.2) is 0 Å². The molecule has 1 saturated heterocycles. The normalized spacial score (nSPS) is 20.0. The lowest BCUT2D eigenvalue weighted by Crippen LogP contribution is -2.46. The molecule has 1 fully saturated rings. The van der Waals surface area contributed by atoms with Crippen LogP contribution in [0.2, 0.25) is 0 Å². The topological polar surface area (TPSA) is 69.7 Å². The quantitative estimate of drug-likeness (QED) is 0.828. The van der Waals surface area contributed by atoms with E-state index in [1.807, 2.05) is 19.0 Å². The molecule has 0 spiro atoms. The molecule has 1 unspecified atom stereocenters. The Morgan fingerprint density at radius 2 is 2.29 bits per heavy atom. The Hall–Kier alpha value is -0.960. The minimum absolute atomic E-state index is 0.200. The van der Waals surface area contributed by atoms with Gasteiger partial charge in [0.05, 0.1) is 0 Å². The van der Waals surface area contributed by atoms with E-state index < -0.39 is 16.1 Å². The smallest absolute Gasteiger partial charge is 0.253 e. The number of hydrogen-bond acceptors (Lipinski definition) is 5. The third kappa shape index (κ3) is 3.82. The van der Waals surface area contributed by atoms with Crippen LogP contribution in [0.1, 0.15) is 12.8 Å². The van der Waals surface area contributed by atoms with Crippen LogP contribution in [0.4, 0.5) is 0 Å². The first-order valence-electron chi connectivity index (χ1n) is 6.90. The zero-order valence-corrected chi connectivity index (χ0v) is 13.9. The van der Waals surface area contributed by atoms with E-state index in [4.69, 9.17) is 0 Å². The zero-order chi connectivity index (χ0) is 15.5. The number of sulfonamides is 1. The van der Waals surface area contributed by atoms with Crippen molar-refractivity contribution in [2.45, 2.75) is 23.1 Å². The van der Waals surface area contributed by atoms with Crippen LogP contribution in [-0.4, -0.2) is 63.3 Å². The van der Waals surface area contributed by atoms with Crippen molar-refractivity contribution in [3.8, 4) is 0 Å². The number of amides is 1. The number of carbonyl (C=O) groups excluding carboxylic acids is 1. The number of likely N-dealkylation sites (N-methyl/N-ethyl adjacent to an activating group) is 1. The minimum Gasteiger partial charge on any atom is -0.353 e. The molecule has 21 heavy (non-hydrogen) atoms. The van der Waals surface area contributed by atoms with Crippen LogP contribution in [0.5, 0.6) is 0 Å². The molecular weight excluding hydrogens is 310 g/mol. The highest BCUT2D eigenvalue weighted by Gasteiger charge is 2.39. The van der Waals surface area contributed by atoms with Gasteiger partial charge in [-0.15, -0.1) is 11.3 Å². The Morgan fingerprint density at radius 1 is 1.52 bits per heavy atom. The van der Waals surface area contributed by atoms with Crippen LogP contribution in [0, 0.1) is 0 Å². The van der Waals surface area contributed by atoms with Crippen LogP contribution in [0.25, 0.3) is 0 Å². The van der Waals surface area contributed by atoms with Crippen molar-refractivity contribution in [1.82, 2.24) is 14.5 Å². The maximum atomic E-state index is 12.5. The second-order valence-electron chi connectivity index (χ2n) is 5.30. The fourth-order valence-electron chi connectivity index (χ4n) is 2.34. The van der Waals surface area contributed by atoms with Gasteiger partial charge in [0, 0.05) is 19.6 Å². The van der Waals surface area contributed by atoms with E-state index >= 15 is 0 Å². The molecule has 2 heterocycles. The van der Waals surface area contributed by atoms with Crippen molar-refractivity contribution < 1.29 is 13.2 Å². The van der Waals surface area contributed by atoms with Crippen LogP contribution in [0.3, 0.4) is 0 Å². The van der Waals surface area contributed by atoms with Gasteiger partial charge in [0.25, 0.3) is 10.0 Å². The number of nitrogens with one attached hydrogen (secondary N) is 1. The van der Waals surface area contributed by atoms with Gasteiger partial charge < -0.3 is 10.2 Å². The first kappa shape index (κ1) is 16.4. The molecule has 1 amide bonds. The molecule has 1 N–H and O–H groups in total. The zero-order valence-electron chi connectivity index (χ0n) is 12.3. The average molecular weight is 331 g/mol. The first-order valence-corrected chi connectivity index (χ1v) is 9.22. The van der Waals surface area contributed by atoms with Crippen LogP contribution in [0.15, 0.2) is 21.7 Å². The van der Waals surface area contributed by atoms with E-state index in [1.54, 1.807) is 17.5 Å². The van der Waals surface area contributed by atoms with E-state index in [1.165, 1.54) is 15.6 Å². The predicted molar refractivity (Wildman–Crippen MR) is 82.8 cm³/mol. The highest BCUT2D eigenvalue weighted by Crippen LogP contribution is 2.28. The SMILES string of the molecule is CN(C)CCNC(=O)C1CCCN1S(=O)(=O)c1cccs1. The second kappa shape index (κ2) is 6.87. The monoisotopic (exact) mass is 331 g/mol. The molecule has 8 heteroatoms. The van der Waals surface area contributed by atoms with Crippen molar-refractivity contribution in [2.75, 3.05) is 33.7 Å². The molecule has 1 aromatic heterocycles. The van der Waals surface area contributed by atoms with Gasteiger partial charge in [0.1, 0.15) is 10.3 Å². The second-order valence-corrected chi connectivity index (χ2v) is 8.37. The molecule has 1 aliphatic rings. The largest absolute Gasteiger partial charge is 0.353 e. The van der Waals surface area contributed by atoms with Crippen molar-refractivity contribution in [3.05, 3.63) is 17.5 Å². The van der Waals surface area contributed by atoms with Gasteiger partial charge >= 0.3 is 0 Å². The van der Waals surface area contributed by atoms with Crippen LogP contribution >= 0.6 is 11.3 Å². The highest BCUT2D eigenvalue weighted by molar-refractivity contribution is 7.91. The summed E-state index contributed by atoms with van der Waals surface area (Å²) in [4.78, 5) is 14.2. The van der Waals surface area contributed by atoms with Crippen LogP contribution in [-0.2, 0) is 14.8 Å². The van der Waals surface area contributed by atoms with E-state index in [2.05, 4.69) is 5.32 Å². The molecule has 2 rings (SSSR count). The highest BCUT2D eigenvalue weighted by atomic mass is 32.2. The Bertz CT molecular complexity index is 569. The number of thiophene rings is 1. The van der Waals surface area contributed by atoms with E-state index in [0.717, 1.165) is 13.0 Å². The Balaban J connectivity index is 2.05. The standard InChI is InChI=1S/C13H21N3O3S2/c1-15(2)9-7-14-13(17)11-5-3-8-16(11)21(18,19)12-6-4-10-20-12/h4,6,10-11H,3,5,7-9H2,1-2H3,(H,14,17). The van der Waals surface area contributed by atoms with E-state index in [9.17, 15) is 13.2 Å². The minimum atomic E-state index is -3.55. The number of rotatable bonds is 6. The summed E-state index contributed by atoms with van der Waals surface area (Å²) < 4.78 is 26.7. The Morgan fingerprint density at radius 3 is 2.90 bits per heavy atom. The van der Waals surface area contributed by atoms with Crippen molar-refractivity contribution in [2.24, 2.45) is 0 Å². The molecule has 0 aromatic carbocycles. The van der Waals surface area contributed by atoms with Gasteiger partial charge in [0.2, 0.25) is 5.91 Å². The number of carbonyl (C=O) groups is 1. The lowest BCUT2D eigenvalue weighted by Gasteiger charge is -2.23. The Labute approximate surface area is 129 Å². The van der Waals surface area contributed by atoms with Gasteiger partial charge in [-0.1, -0.05) is 6.07 Å². The molecule has 0 aliphatic carbocycles. The summed E-state index contributed by atoms with van der Waals surface area (Å²) in [5, 5.41) is 4.55. The summed E-state index contributed by atoms with van der Waals surface area (Å²) in [7, 11) is 0.301. The lowest BCUT2D eigenvalue weighted by molar-refractivity contribution is -0.124. The molecule has 1 aliphatic heterocycles. The van der Waals surface area contributed by atoms with Gasteiger partial charge in [-0.2, -0.15) is 4.31 Å². The molecule has 0 saturated carbocycles.